The van der Waals surface area contributed by atoms with Crippen LogP contribution in [0.5, 0.6) is 0 Å². The second kappa shape index (κ2) is 4.84. The number of carboxylic acids is 1. The van der Waals surface area contributed by atoms with Crippen LogP contribution in [0.3, 0.4) is 0 Å². The molecule has 0 radical (unpaired) electrons. The number of carboxylic acid groups (broad SMARTS) is 1. The smallest absolute Gasteiger partial charge is 0.305 e. The summed E-state index contributed by atoms with van der Waals surface area (Å²) in [5.41, 5.74) is 7.51. The first-order valence-corrected chi connectivity index (χ1v) is 5.28. The minimum absolute atomic E-state index is 0.0693. The summed E-state index contributed by atoms with van der Waals surface area (Å²) in [5, 5.41) is 8.66. The van der Waals surface area contributed by atoms with Crippen molar-refractivity contribution in [1.29, 1.82) is 0 Å². The number of hydrogen-bond acceptors (Lipinski definition) is 3. The fourth-order valence-corrected chi connectivity index (χ4v) is 1.64. The molecule has 0 aliphatic rings. The van der Waals surface area contributed by atoms with E-state index >= 15 is 0 Å². The van der Waals surface area contributed by atoms with Gasteiger partial charge in [-0.3, -0.25) is 4.79 Å². The Balaban J connectivity index is 2.15. The summed E-state index contributed by atoms with van der Waals surface area (Å²) in [5.74, 6) is -0.115. The number of aliphatic carboxylic acids is 1. The lowest BCUT2D eigenvalue weighted by atomic mass is 10.0. The summed E-state index contributed by atoms with van der Waals surface area (Å²) >= 11 is 0. The number of rotatable bonds is 4. The standard InChI is InChI=1S/C13H13NO3/c14-11(8-13(15)16)9-3-5-10(6-4-9)12-2-1-7-17-12/h1-7,11H,8,14H2,(H,15,16). The van der Waals surface area contributed by atoms with Crippen LogP contribution in [-0.2, 0) is 4.79 Å². The van der Waals surface area contributed by atoms with E-state index in [4.69, 9.17) is 15.3 Å². The molecule has 0 aliphatic heterocycles. The van der Waals surface area contributed by atoms with E-state index in [0.717, 1.165) is 16.9 Å². The molecule has 0 saturated heterocycles. The topological polar surface area (TPSA) is 76.5 Å². The molecule has 0 aliphatic carbocycles. The van der Waals surface area contributed by atoms with Gasteiger partial charge in [0.05, 0.1) is 12.7 Å². The average Bonchev–Trinajstić information content (AvgIpc) is 2.82. The van der Waals surface area contributed by atoms with Gasteiger partial charge >= 0.3 is 5.97 Å². The van der Waals surface area contributed by atoms with Crippen molar-refractivity contribution in [3.8, 4) is 11.3 Å². The third-order valence-corrected chi connectivity index (χ3v) is 2.54. The molecule has 4 nitrogen and oxygen atoms in total. The predicted octanol–water partition coefficient (Wildman–Crippen LogP) is 2.42. The Morgan fingerprint density at radius 3 is 2.53 bits per heavy atom. The molecule has 1 aromatic heterocycles. The third kappa shape index (κ3) is 2.73. The first kappa shape index (κ1) is 11.4. The molecular formula is C13H13NO3. The Morgan fingerprint density at radius 2 is 2.00 bits per heavy atom. The van der Waals surface area contributed by atoms with Crippen molar-refractivity contribution in [3.63, 3.8) is 0 Å². The highest BCUT2D eigenvalue weighted by Crippen LogP contribution is 2.22. The van der Waals surface area contributed by atoms with Crippen molar-refractivity contribution < 1.29 is 14.3 Å². The van der Waals surface area contributed by atoms with E-state index in [1.54, 1.807) is 6.26 Å². The predicted molar refractivity (Wildman–Crippen MR) is 63.3 cm³/mol. The summed E-state index contributed by atoms with van der Waals surface area (Å²) < 4.78 is 5.26. The number of hydrogen-bond donors (Lipinski definition) is 2. The maximum Gasteiger partial charge on any atom is 0.305 e. The maximum atomic E-state index is 10.5. The molecule has 0 bridgehead atoms. The molecule has 1 heterocycles. The van der Waals surface area contributed by atoms with Crippen LogP contribution in [-0.4, -0.2) is 11.1 Å². The zero-order valence-electron chi connectivity index (χ0n) is 9.17. The molecule has 0 saturated carbocycles. The Morgan fingerprint density at radius 1 is 1.29 bits per heavy atom. The Labute approximate surface area is 98.7 Å². The highest BCUT2D eigenvalue weighted by molar-refractivity contribution is 5.68. The van der Waals surface area contributed by atoms with Crippen LogP contribution in [0.1, 0.15) is 18.0 Å². The third-order valence-electron chi connectivity index (χ3n) is 2.54. The monoisotopic (exact) mass is 231 g/mol. The van der Waals surface area contributed by atoms with Gasteiger partial charge in [-0.15, -0.1) is 0 Å². The maximum absolute atomic E-state index is 10.5. The van der Waals surface area contributed by atoms with Gasteiger partial charge in [0.15, 0.2) is 0 Å². The summed E-state index contributed by atoms with van der Waals surface area (Å²) in [4.78, 5) is 10.5. The largest absolute Gasteiger partial charge is 0.481 e. The van der Waals surface area contributed by atoms with E-state index in [9.17, 15) is 4.79 Å². The lowest BCUT2D eigenvalue weighted by molar-refractivity contribution is -0.137. The molecule has 4 heteroatoms. The van der Waals surface area contributed by atoms with E-state index < -0.39 is 12.0 Å². The SMILES string of the molecule is NC(CC(=O)O)c1ccc(-c2ccco2)cc1. The first-order chi connectivity index (χ1) is 8.16. The fraction of sp³-hybridized carbons (Fsp3) is 0.154. The van der Waals surface area contributed by atoms with E-state index in [2.05, 4.69) is 0 Å². The van der Waals surface area contributed by atoms with Crippen LogP contribution in [0.2, 0.25) is 0 Å². The van der Waals surface area contributed by atoms with Gasteiger partial charge in [-0.1, -0.05) is 24.3 Å². The van der Waals surface area contributed by atoms with E-state index in [0.29, 0.717) is 0 Å². The Kier molecular flexibility index (Phi) is 3.25. The molecule has 0 fully saturated rings. The molecule has 2 rings (SSSR count). The van der Waals surface area contributed by atoms with E-state index in [1.165, 1.54) is 0 Å². The molecule has 1 atom stereocenters. The summed E-state index contributed by atoms with van der Waals surface area (Å²) in [6, 6.07) is 10.6. The second-order valence-corrected chi connectivity index (χ2v) is 3.80. The zero-order chi connectivity index (χ0) is 12.3. The van der Waals surface area contributed by atoms with Crippen molar-refractivity contribution in [1.82, 2.24) is 0 Å². The summed E-state index contributed by atoms with van der Waals surface area (Å²) in [6.45, 7) is 0. The zero-order valence-corrected chi connectivity index (χ0v) is 9.17. The van der Waals surface area contributed by atoms with Gasteiger partial charge < -0.3 is 15.3 Å². The molecule has 3 N–H and O–H groups in total. The van der Waals surface area contributed by atoms with Crippen LogP contribution in [0, 0.1) is 0 Å². The minimum Gasteiger partial charge on any atom is -0.481 e. The van der Waals surface area contributed by atoms with Crippen LogP contribution < -0.4 is 5.73 Å². The average molecular weight is 231 g/mol. The van der Waals surface area contributed by atoms with Gasteiger partial charge in [0.25, 0.3) is 0 Å². The van der Waals surface area contributed by atoms with Crippen LogP contribution in [0.25, 0.3) is 11.3 Å². The molecule has 1 unspecified atom stereocenters. The number of nitrogens with two attached hydrogens (primary N) is 1. The first-order valence-electron chi connectivity index (χ1n) is 5.28. The molecule has 0 spiro atoms. The van der Waals surface area contributed by atoms with Gasteiger partial charge in [0.2, 0.25) is 0 Å². The number of carbonyl (C=O) groups is 1. The van der Waals surface area contributed by atoms with Crippen molar-refractivity contribution >= 4 is 5.97 Å². The Bertz CT molecular complexity index is 488. The lowest BCUT2D eigenvalue weighted by Gasteiger charge is -2.09. The summed E-state index contributed by atoms with van der Waals surface area (Å²) in [6.07, 6.45) is 1.54. The highest BCUT2D eigenvalue weighted by Gasteiger charge is 2.10. The normalized spacial score (nSPS) is 12.3. The van der Waals surface area contributed by atoms with E-state index in [-0.39, 0.29) is 6.42 Å². The van der Waals surface area contributed by atoms with Crippen molar-refractivity contribution in [2.24, 2.45) is 5.73 Å². The quantitative estimate of drug-likeness (QED) is 0.847. The number of benzene rings is 1. The van der Waals surface area contributed by atoms with Crippen molar-refractivity contribution in [2.45, 2.75) is 12.5 Å². The molecule has 88 valence electrons. The van der Waals surface area contributed by atoms with Crippen molar-refractivity contribution in [2.75, 3.05) is 0 Å². The lowest BCUT2D eigenvalue weighted by Crippen LogP contribution is -2.14. The highest BCUT2D eigenvalue weighted by atomic mass is 16.4. The number of furan rings is 1. The van der Waals surface area contributed by atoms with Gasteiger partial charge in [-0.05, 0) is 17.7 Å². The fourth-order valence-electron chi connectivity index (χ4n) is 1.64. The molecular weight excluding hydrogens is 218 g/mol. The van der Waals surface area contributed by atoms with Gasteiger partial charge in [0, 0.05) is 11.6 Å². The summed E-state index contributed by atoms with van der Waals surface area (Å²) in [7, 11) is 0. The van der Waals surface area contributed by atoms with Crippen LogP contribution in [0.4, 0.5) is 0 Å². The molecule has 0 amide bonds. The second-order valence-electron chi connectivity index (χ2n) is 3.80. The molecule has 2 aromatic rings. The van der Waals surface area contributed by atoms with Crippen LogP contribution in [0.15, 0.2) is 47.1 Å². The van der Waals surface area contributed by atoms with Gasteiger partial charge in [-0.2, -0.15) is 0 Å². The van der Waals surface area contributed by atoms with E-state index in [1.807, 2.05) is 36.4 Å². The minimum atomic E-state index is -0.896. The van der Waals surface area contributed by atoms with Gasteiger partial charge in [0.1, 0.15) is 5.76 Å². The van der Waals surface area contributed by atoms with Crippen LogP contribution >= 0.6 is 0 Å². The molecule has 1 aromatic carbocycles. The Hall–Kier alpha value is -2.07. The van der Waals surface area contributed by atoms with Crippen molar-refractivity contribution in [3.05, 3.63) is 48.2 Å². The van der Waals surface area contributed by atoms with Gasteiger partial charge in [-0.25, -0.2) is 0 Å². The molecule has 17 heavy (non-hydrogen) atoms.